The van der Waals surface area contributed by atoms with E-state index in [0.717, 1.165) is 18.4 Å². The van der Waals surface area contributed by atoms with Crippen molar-refractivity contribution in [3.8, 4) is 11.5 Å². The molecule has 0 aliphatic heterocycles. The molecule has 5 heteroatoms. The smallest absolute Gasteiger partial charge is 0.267 e. The Morgan fingerprint density at radius 3 is 2.84 bits per heavy atom. The first kappa shape index (κ1) is 15.0. The Hall–Kier alpha value is -2.01. The van der Waals surface area contributed by atoms with E-state index in [1.165, 1.54) is 11.6 Å². The van der Waals surface area contributed by atoms with Gasteiger partial charge in [-0.2, -0.15) is 0 Å². The van der Waals surface area contributed by atoms with Crippen molar-refractivity contribution in [3.05, 3.63) is 29.8 Å². The first-order valence-electron chi connectivity index (χ1n) is 6.14. The summed E-state index contributed by atoms with van der Waals surface area (Å²) in [6.45, 7) is 2.71. The topological polar surface area (TPSA) is 67.8 Å². The number of amides is 1. The Morgan fingerprint density at radius 1 is 1.42 bits per heavy atom. The summed E-state index contributed by atoms with van der Waals surface area (Å²) in [7, 11) is 1.58. The van der Waals surface area contributed by atoms with Gasteiger partial charge in [0.15, 0.2) is 11.5 Å². The number of methoxy groups -OCH3 is 1. The molecule has 0 fully saturated rings. The number of hydrogen-bond donors (Lipinski definition) is 2. The van der Waals surface area contributed by atoms with Crippen LogP contribution in [-0.4, -0.2) is 24.8 Å². The van der Waals surface area contributed by atoms with E-state index < -0.39 is 5.91 Å². The molecule has 0 aromatic heterocycles. The lowest BCUT2D eigenvalue weighted by atomic mass is 10.2. The molecule has 0 aliphatic rings. The molecule has 0 atom stereocenters. The van der Waals surface area contributed by atoms with Crippen LogP contribution in [0.5, 0.6) is 11.5 Å². The van der Waals surface area contributed by atoms with Crippen molar-refractivity contribution in [2.75, 3.05) is 13.7 Å². The highest BCUT2D eigenvalue weighted by Crippen LogP contribution is 2.28. The fourth-order valence-electron chi connectivity index (χ4n) is 1.45. The molecule has 1 amide bonds. The normalized spacial score (nSPS) is 10.5. The van der Waals surface area contributed by atoms with Crippen LogP contribution in [0.1, 0.15) is 25.3 Å². The van der Waals surface area contributed by atoms with Gasteiger partial charge in [-0.1, -0.05) is 19.4 Å². The second-order valence-corrected chi connectivity index (χ2v) is 3.92. The maximum Gasteiger partial charge on any atom is 0.267 e. The van der Waals surface area contributed by atoms with Crippen LogP contribution in [0, 0.1) is 0 Å². The van der Waals surface area contributed by atoms with Crippen LogP contribution in [-0.2, 0) is 4.79 Å². The van der Waals surface area contributed by atoms with Gasteiger partial charge in [0.05, 0.1) is 13.7 Å². The number of rotatable bonds is 7. The van der Waals surface area contributed by atoms with Crippen LogP contribution in [0.4, 0.5) is 0 Å². The van der Waals surface area contributed by atoms with E-state index in [-0.39, 0.29) is 0 Å². The van der Waals surface area contributed by atoms with Crippen LogP contribution < -0.4 is 15.0 Å². The van der Waals surface area contributed by atoms with Gasteiger partial charge in [0.25, 0.3) is 5.91 Å². The van der Waals surface area contributed by atoms with Crippen LogP contribution in [0.3, 0.4) is 0 Å². The highest BCUT2D eigenvalue weighted by atomic mass is 16.5. The van der Waals surface area contributed by atoms with E-state index in [1.54, 1.807) is 31.4 Å². The fourth-order valence-corrected chi connectivity index (χ4v) is 1.45. The van der Waals surface area contributed by atoms with E-state index in [0.29, 0.717) is 18.1 Å². The molecule has 0 aliphatic carbocycles. The molecule has 1 aromatic carbocycles. The SMILES string of the molecule is CCCCOc1cc(/C=C/C(=O)NO)ccc1OC. The summed E-state index contributed by atoms with van der Waals surface area (Å²) < 4.78 is 10.8. The largest absolute Gasteiger partial charge is 0.493 e. The van der Waals surface area contributed by atoms with Crippen molar-refractivity contribution in [1.29, 1.82) is 0 Å². The van der Waals surface area contributed by atoms with E-state index in [2.05, 4.69) is 6.92 Å². The first-order chi connectivity index (χ1) is 9.21. The third-order valence-corrected chi connectivity index (χ3v) is 2.48. The van der Waals surface area contributed by atoms with Crippen molar-refractivity contribution < 1.29 is 19.5 Å². The standard InChI is InChI=1S/C14H19NO4/c1-3-4-9-19-13-10-11(5-7-12(13)18-2)6-8-14(16)15-17/h5-8,10,17H,3-4,9H2,1-2H3,(H,15,16)/b8-6+. The number of ether oxygens (including phenoxy) is 2. The Labute approximate surface area is 112 Å². The number of hydrogen-bond acceptors (Lipinski definition) is 4. The van der Waals surface area contributed by atoms with Crippen molar-refractivity contribution in [1.82, 2.24) is 5.48 Å². The third-order valence-electron chi connectivity index (χ3n) is 2.48. The zero-order valence-electron chi connectivity index (χ0n) is 11.2. The number of unbranched alkanes of at least 4 members (excludes halogenated alkanes) is 1. The summed E-state index contributed by atoms with van der Waals surface area (Å²) in [4.78, 5) is 10.9. The van der Waals surface area contributed by atoms with Crippen molar-refractivity contribution in [2.45, 2.75) is 19.8 Å². The van der Waals surface area contributed by atoms with Gasteiger partial charge >= 0.3 is 0 Å². The number of hydroxylamine groups is 1. The maximum absolute atomic E-state index is 10.9. The van der Waals surface area contributed by atoms with E-state index in [1.807, 2.05) is 0 Å². The zero-order valence-corrected chi connectivity index (χ0v) is 11.2. The van der Waals surface area contributed by atoms with Gasteiger partial charge in [-0.15, -0.1) is 0 Å². The van der Waals surface area contributed by atoms with E-state index in [4.69, 9.17) is 14.7 Å². The van der Waals surface area contributed by atoms with Gasteiger partial charge in [-0.3, -0.25) is 10.0 Å². The summed E-state index contributed by atoms with van der Waals surface area (Å²) in [6.07, 6.45) is 4.84. The Kier molecular flexibility index (Phi) is 6.46. The second-order valence-electron chi connectivity index (χ2n) is 3.92. The molecule has 0 unspecified atom stereocenters. The van der Waals surface area contributed by atoms with Crippen LogP contribution in [0.2, 0.25) is 0 Å². The third kappa shape index (κ3) is 5.01. The molecule has 0 spiro atoms. The maximum atomic E-state index is 10.9. The first-order valence-corrected chi connectivity index (χ1v) is 6.14. The van der Waals surface area contributed by atoms with Crippen LogP contribution >= 0.6 is 0 Å². The summed E-state index contributed by atoms with van der Waals surface area (Å²) in [5.74, 6) is 0.714. The molecule has 0 bridgehead atoms. The van der Waals surface area contributed by atoms with Gasteiger partial charge in [0.1, 0.15) is 0 Å². The van der Waals surface area contributed by atoms with Gasteiger partial charge in [0.2, 0.25) is 0 Å². The van der Waals surface area contributed by atoms with Gasteiger partial charge in [-0.25, -0.2) is 5.48 Å². The molecule has 0 radical (unpaired) electrons. The number of nitrogens with one attached hydrogen (secondary N) is 1. The lowest BCUT2D eigenvalue weighted by molar-refractivity contribution is -0.124. The highest BCUT2D eigenvalue weighted by Gasteiger charge is 2.04. The molecule has 0 saturated heterocycles. The predicted molar refractivity (Wildman–Crippen MR) is 72.4 cm³/mol. The summed E-state index contributed by atoms with van der Waals surface area (Å²) in [5.41, 5.74) is 2.32. The minimum absolute atomic E-state index is 0.579. The van der Waals surface area contributed by atoms with Crippen LogP contribution in [0.15, 0.2) is 24.3 Å². The Balaban J connectivity index is 2.82. The molecule has 1 aromatic rings. The van der Waals surface area contributed by atoms with Gasteiger partial charge in [-0.05, 0) is 30.2 Å². The number of carbonyl (C=O) groups excluding carboxylic acids is 1. The summed E-state index contributed by atoms with van der Waals surface area (Å²) in [6, 6.07) is 5.36. The Morgan fingerprint density at radius 2 is 2.21 bits per heavy atom. The van der Waals surface area contributed by atoms with Crippen molar-refractivity contribution in [3.63, 3.8) is 0 Å². The van der Waals surface area contributed by atoms with Crippen molar-refractivity contribution in [2.24, 2.45) is 0 Å². The predicted octanol–water partition coefficient (Wildman–Crippen LogP) is 2.39. The zero-order chi connectivity index (χ0) is 14.1. The molecular formula is C14H19NO4. The van der Waals surface area contributed by atoms with Gasteiger partial charge in [0, 0.05) is 6.08 Å². The second kappa shape index (κ2) is 8.16. The summed E-state index contributed by atoms with van der Waals surface area (Å²) >= 11 is 0. The summed E-state index contributed by atoms with van der Waals surface area (Å²) in [5, 5.41) is 8.40. The van der Waals surface area contributed by atoms with E-state index >= 15 is 0 Å². The minimum atomic E-state index is -0.579. The number of carbonyl (C=O) groups is 1. The van der Waals surface area contributed by atoms with Crippen molar-refractivity contribution >= 4 is 12.0 Å². The highest BCUT2D eigenvalue weighted by molar-refractivity contribution is 5.90. The molecule has 0 saturated carbocycles. The van der Waals surface area contributed by atoms with E-state index in [9.17, 15) is 4.79 Å². The fraction of sp³-hybridized carbons (Fsp3) is 0.357. The average molecular weight is 265 g/mol. The lowest BCUT2D eigenvalue weighted by Crippen LogP contribution is -2.14. The van der Waals surface area contributed by atoms with Crippen LogP contribution in [0.25, 0.3) is 6.08 Å². The van der Waals surface area contributed by atoms with Gasteiger partial charge < -0.3 is 9.47 Å². The molecular weight excluding hydrogens is 246 g/mol. The molecule has 0 heterocycles. The quantitative estimate of drug-likeness (QED) is 0.344. The molecule has 19 heavy (non-hydrogen) atoms. The average Bonchev–Trinajstić information content (AvgIpc) is 2.45. The molecule has 5 nitrogen and oxygen atoms in total. The monoisotopic (exact) mass is 265 g/mol. The molecule has 104 valence electrons. The minimum Gasteiger partial charge on any atom is -0.493 e. The lowest BCUT2D eigenvalue weighted by Gasteiger charge is -2.11. The molecule has 2 N–H and O–H groups in total. The Bertz CT molecular complexity index is 443. The number of benzene rings is 1. The molecule has 1 rings (SSSR count).